The SMILES string of the molecule is Cc1cc(S(=O)(=O)N(C)Cc2ccncc2)sc1Br. The summed E-state index contributed by atoms with van der Waals surface area (Å²) < 4.78 is 27.4. The molecule has 0 N–H and O–H groups in total. The van der Waals surface area contributed by atoms with Gasteiger partial charge in [-0.1, -0.05) is 0 Å². The van der Waals surface area contributed by atoms with Crippen LogP contribution >= 0.6 is 27.3 Å². The Hall–Kier alpha value is -0.760. The minimum atomic E-state index is -3.44. The van der Waals surface area contributed by atoms with Gasteiger partial charge in [0.15, 0.2) is 0 Å². The molecule has 2 aromatic rings. The summed E-state index contributed by atoms with van der Waals surface area (Å²) in [6.45, 7) is 2.21. The molecule has 4 nitrogen and oxygen atoms in total. The molecule has 19 heavy (non-hydrogen) atoms. The Bertz CT molecular complexity index is 649. The average molecular weight is 361 g/mol. The fraction of sp³-hybridized carbons (Fsp3) is 0.250. The third kappa shape index (κ3) is 3.22. The van der Waals surface area contributed by atoms with Gasteiger partial charge in [0, 0.05) is 26.0 Å². The lowest BCUT2D eigenvalue weighted by Crippen LogP contribution is -2.25. The van der Waals surface area contributed by atoms with Crippen LogP contribution in [0.4, 0.5) is 0 Å². The number of sulfonamides is 1. The van der Waals surface area contributed by atoms with Crippen LogP contribution in [0.3, 0.4) is 0 Å². The van der Waals surface area contributed by atoms with Crippen LogP contribution in [0.15, 0.2) is 38.6 Å². The van der Waals surface area contributed by atoms with E-state index in [0.29, 0.717) is 10.8 Å². The van der Waals surface area contributed by atoms with E-state index in [0.717, 1.165) is 14.9 Å². The van der Waals surface area contributed by atoms with Gasteiger partial charge in [-0.05, 0) is 52.2 Å². The van der Waals surface area contributed by atoms with Crippen molar-refractivity contribution < 1.29 is 8.42 Å². The summed E-state index contributed by atoms with van der Waals surface area (Å²) in [5.74, 6) is 0. The number of halogens is 1. The smallest absolute Gasteiger partial charge is 0.252 e. The van der Waals surface area contributed by atoms with Crippen LogP contribution in [-0.2, 0) is 16.6 Å². The molecule has 0 saturated heterocycles. The number of nitrogens with zero attached hydrogens (tertiary/aromatic N) is 2. The largest absolute Gasteiger partial charge is 0.265 e. The molecule has 0 spiro atoms. The number of hydrogen-bond donors (Lipinski definition) is 0. The van der Waals surface area contributed by atoms with Gasteiger partial charge in [0.1, 0.15) is 4.21 Å². The molecule has 7 heteroatoms. The fourth-order valence-corrected chi connectivity index (χ4v) is 5.14. The lowest BCUT2D eigenvalue weighted by molar-refractivity contribution is 0.468. The molecule has 0 bridgehead atoms. The van der Waals surface area contributed by atoms with E-state index in [1.807, 2.05) is 19.1 Å². The van der Waals surface area contributed by atoms with E-state index >= 15 is 0 Å². The van der Waals surface area contributed by atoms with Crippen molar-refractivity contribution in [1.82, 2.24) is 9.29 Å². The van der Waals surface area contributed by atoms with Gasteiger partial charge in [-0.2, -0.15) is 4.31 Å². The van der Waals surface area contributed by atoms with Crippen LogP contribution in [0, 0.1) is 6.92 Å². The first-order valence-electron chi connectivity index (χ1n) is 5.52. The third-order valence-corrected chi connectivity index (χ3v) is 7.04. The van der Waals surface area contributed by atoms with Crippen molar-refractivity contribution in [1.29, 1.82) is 0 Å². The molecule has 2 rings (SSSR count). The summed E-state index contributed by atoms with van der Waals surface area (Å²) >= 11 is 4.59. The van der Waals surface area contributed by atoms with E-state index in [4.69, 9.17) is 0 Å². The van der Waals surface area contributed by atoms with Crippen molar-refractivity contribution in [3.63, 3.8) is 0 Å². The second-order valence-corrected chi connectivity index (χ2v) is 8.78. The van der Waals surface area contributed by atoms with Crippen LogP contribution in [0.1, 0.15) is 11.1 Å². The van der Waals surface area contributed by atoms with Gasteiger partial charge in [0.25, 0.3) is 10.0 Å². The molecule has 0 fully saturated rings. The van der Waals surface area contributed by atoms with Crippen molar-refractivity contribution in [3.8, 4) is 0 Å². The lowest BCUT2D eigenvalue weighted by Gasteiger charge is -2.15. The van der Waals surface area contributed by atoms with E-state index in [1.165, 1.54) is 15.6 Å². The number of rotatable bonds is 4. The van der Waals surface area contributed by atoms with Crippen LogP contribution in [-0.4, -0.2) is 24.8 Å². The molecule has 0 saturated carbocycles. The molecule has 102 valence electrons. The Morgan fingerprint density at radius 2 is 2.00 bits per heavy atom. The second kappa shape index (κ2) is 5.70. The van der Waals surface area contributed by atoms with E-state index in [-0.39, 0.29) is 0 Å². The molecule has 0 unspecified atom stereocenters. The van der Waals surface area contributed by atoms with Crippen LogP contribution in [0.25, 0.3) is 0 Å². The van der Waals surface area contributed by atoms with Crippen molar-refractivity contribution in [2.24, 2.45) is 0 Å². The number of aryl methyl sites for hydroxylation is 1. The van der Waals surface area contributed by atoms with Crippen molar-refractivity contribution in [2.45, 2.75) is 17.7 Å². The molecule has 0 radical (unpaired) electrons. The molecule has 0 aromatic carbocycles. The summed E-state index contributed by atoms with van der Waals surface area (Å²) in [7, 11) is -1.86. The van der Waals surface area contributed by atoms with Crippen molar-refractivity contribution in [3.05, 3.63) is 45.5 Å². The third-order valence-electron chi connectivity index (χ3n) is 2.65. The maximum Gasteiger partial charge on any atom is 0.252 e. The first-order valence-corrected chi connectivity index (χ1v) is 8.57. The fourth-order valence-electron chi connectivity index (χ4n) is 1.54. The van der Waals surface area contributed by atoms with Crippen LogP contribution < -0.4 is 0 Å². The topological polar surface area (TPSA) is 50.3 Å². The maximum atomic E-state index is 12.4. The summed E-state index contributed by atoms with van der Waals surface area (Å²) in [6.07, 6.45) is 3.31. The Morgan fingerprint density at radius 1 is 1.37 bits per heavy atom. The highest BCUT2D eigenvalue weighted by Crippen LogP contribution is 2.32. The quantitative estimate of drug-likeness (QED) is 0.841. The number of aromatic nitrogens is 1. The molecule has 0 atom stereocenters. The van der Waals surface area contributed by atoms with Gasteiger partial charge in [-0.15, -0.1) is 11.3 Å². The van der Waals surface area contributed by atoms with Gasteiger partial charge in [0.2, 0.25) is 0 Å². The molecule has 0 amide bonds. The zero-order valence-electron chi connectivity index (χ0n) is 10.5. The molecule has 0 aliphatic rings. The Morgan fingerprint density at radius 3 is 2.53 bits per heavy atom. The van der Waals surface area contributed by atoms with Gasteiger partial charge >= 0.3 is 0 Å². The van der Waals surface area contributed by atoms with Crippen molar-refractivity contribution in [2.75, 3.05) is 7.05 Å². The van der Waals surface area contributed by atoms with Gasteiger partial charge in [-0.3, -0.25) is 4.98 Å². The number of pyridine rings is 1. The molecule has 2 heterocycles. The van der Waals surface area contributed by atoms with E-state index < -0.39 is 10.0 Å². The maximum absolute atomic E-state index is 12.4. The average Bonchev–Trinajstić information content (AvgIpc) is 2.71. The van der Waals surface area contributed by atoms with E-state index in [1.54, 1.807) is 25.5 Å². The van der Waals surface area contributed by atoms with Gasteiger partial charge in [-0.25, -0.2) is 8.42 Å². The highest BCUT2D eigenvalue weighted by atomic mass is 79.9. The first-order chi connectivity index (χ1) is 8.91. The van der Waals surface area contributed by atoms with Gasteiger partial charge in [0.05, 0.1) is 3.79 Å². The normalized spacial score (nSPS) is 12.0. The Kier molecular flexibility index (Phi) is 4.39. The van der Waals surface area contributed by atoms with Crippen LogP contribution in [0.5, 0.6) is 0 Å². The predicted molar refractivity (Wildman–Crippen MR) is 79.6 cm³/mol. The minimum Gasteiger partial charge on any atom is -0.265 e. The molecular weight excluding hydrogens is 348 g/mol. The molecule has 0 aliphatic heterocycles. The van der Waals surface area contributed by atoms with Crippen LogP contribution in [0.2, 0.25) is 0 Å². The monoisotopic (exact) mass is 360 g/mol. The highest BCUT2D eigenvalue weighted by molar-refractivity contribution is 9.11. The zero-order valence-corrected chi connectivity index (χ0v) is 13.7. The summed E-state index contributed by atoms with van der Waals surface area (Å²) in [6, 6.07) is 5.30. The minimum absolute atomic E-state index is 0.333. The first kappa shape index (κ1) is 14.6. The number of hydrogen-bond acceptors (Lipinski definition) is 4. The van der Waals surface area contributed by atoms with Crippen molar-refractivity contribution >= 4 is 37.3 Å². The lowest BCUT2D eigenvalue weighted by atomic mass is 10.3. The molecule has 2 aromatic heterocycles. The molecular formula is C12H13BrN2O2S2. The summed E-state index contributed by atoms with van der Waals surface area (Å²) in [5.41, 5.74) is 1.84. The molecule has 0 aliphatic carbocycles. The zero-order chi connectivity index (χ0) is 14.0. The Balaban J connectivity index is 2.25. The van der Waals surface area contributed by atoms with Gasteiger partial charge < -0.3 is 0 Å². The Labute approximate surface area is 125 Å². The number of thiophene rings is 1. The summed E-state index contributed by atoms with van der Waals surface area (Å²) in [5, 5.41) is 0. The highest BCUT2D eigenvalue weighted by Gasteiger charge is 2.23. The summed E-state index contributed by atoms with van der Waals surface area (Å²) in [4.78, 5) is 3.92. The van der Waals surface area contributed by atoms with E-state index in [2.05, 4.69) is 20.9 Å². The van der Waals surface area contributed by atoms with E-state index in [9.17, 15) is 8.42 Å². The second-order valence-electron chi connectivity index (χ2n) is 4.14. The standard InChI is InChI=1S/C12H13BrN2O2S2/c1-9-7-11(18-12(9)13)19(16,17)15(2)8-10-3-5-14-6-4-10/h3-7H,8H2,1-2H3. The predicted octanol–water partition coefficient (Wildman–Crippen LogP) is 3.03.